The largest absolute Gasteiger partial charge is 0.481 e. The Morgan fingerprint density at radius 3 is 2.63 bits per heavy atom. The van der Waals surface area contributed by atoms with Gasteiger partial charge in [0, 0.05) is 6.54 Å². The number of nitrogens with zero attached hydrogens (tertiary/aromatic N) is 2. The van der Waals surface area contributed by atoms with E-state index in [1.807, 2.05) is 26.0 Å². The topological polar surface area (TPSA) is 64.3 Å². The van der Waals surface area contributed by atoms with Crippen LogP contribution in [0, 0.1) is 31.1 Å². The lowest BCUT2D eigenvalue weighted by Gasteiger charge is -2.26. The highest BCUT2D eigenvalue weighted by Crippen LogP contribution is 2.31. The number of hydrogen-bond donors (Lipinski definition) is 1. The summed E-state index contributed by atoms with van der Waals surface area (Å²) in [6, 6.07) is 5.84. The van der Waals surface area contributed by atoms with Gasteiger partial charge in [0.15, 0.2) is 0 Å². The van der Waals surface area contributed by atoms with Gasteiger partial charge in [0.2, 0.25) is 0 Å². The van der Waals surface area contributed by atoms with E-state index in [0.29, 0.717) is 5.02 Å². The van der Waals surface area contributed by atoms with Gasteiger partial charge in [-0.25, -0.2) is 0 Å². The third kappa shape index (κ3) is 3.87. The van der Waals surface area contributed by atoms with Crippen LogP contribution in [0.5, 0.6) is 0 Å². The SMILES string of the molecule is Cc1cc(C)c(N(CC#N)CC(C)C(=O)O)c(Cl)c1. The first-order chi connectivity index (χ1) is 8.86. The van der Waals surface area contributed by atoms with Crippen molar-refractivity contribution in [2.24, 2.45) is 5.92 Å². The predicted molar refractivity (Wildman–Crippen MR) is 75.6 cm³/mol. The zero-order chi connectivity index (χ0) is 14.6. The maximum Gasteiger partial charge on any atom is 0.308 e. The minimum atomic E-state index is -0.885. The Balaban J connectivity index is 3.13. The van der Waals surface area contributed by atoms with E-state index in [4.69, 9.17) is 22.0 Å². The Kier molecular flexibility index (Phi) is 5.20. The number of carbonyl (C=O) groups is 1. The molecule has 0 aromatic heterocycles. The molecule has 1 unspecified atom stereocenters. The first-order valence-corrected chi connectivity index (χ1v) is 6.36. The number of rotatable bonds is 5. The van der Waals surface area contributed by atoms with Crippen LogP contribution in [-0.2, 0) is 4.79 Å². The van der Waals surface area contributed by atoms with Crippen molar-refractivity contribution in [3.05, 3.63) is 28.3 Å². The summed E-state index contributed by atoms with van der Waals surface area (Å²) in [6.45, 7) is 5.83. The molecule has 0 aliphatic carbocycles. The van der Waals surface area contributed by atoms with Gasteiger partial charge in [0.05, 0.1) is 22.7 Å². The van der Waals surface area contributed by atoms with Gasteiger partial charge >= 0.3 is 5.97 Å². The van der Waals surface area contributed by atoms with Crippen LogP contribution in [-0.4, -0.2) is 24.2 Å². The average Bonchev–Trinajstić information content (AvgIpc) is 2.27. The number of carboxylic acid groups (broad SMARTS) is 1. The molecule has 1 aromatic rings. The molecule has 1 rings (SSSR count). The molecule has 1 atom stereocenters. The maximum atomic E-state index is 11.0. The van der Waals surface area contributed by atoms with Crippen LogP contribution in [0.2, 0.25) is 5.02 Å². The second kappa shape index (κ2) is 6.44. The molecule has 0 radical (unpaired) electrons. The number of halogens is 1. The highest BCUT2D eigenvalue weighted by atomic mass is 35.5. The standard InChI is InChI=1S/C14H17ClN2O2/c1-9-6-10(2)13(12(15)7-9)17(5-4-16)8-11(3)14(18)19/h6-7,11H,5,8H2,1-3H3,(H,18,19). The molecule has 0 saturated carbocycles. The number of anilines is 1. The van der Waals surface area contributed by atoms with Gasteiger partial charge in [-0.05, 0) is 31.0 Å². The Bertz CT molecular complexity index is 500. The summed E-state index contributed by atoms with van der Waals surface area (Å²) in [5.41, 5.74) is 2.72. The molecule has 0 spiro atoms. The predicted octanol–water partition coefficient (Wildman–Crippen LogP) is 3.01. The second-order valence-corrected chi connectivity index (χ2v) is 5.10. The summed E-state index contributed by atoms with van der Waals surface area (Å²) in [5.74, 6) is -1.45. The van der Waals surface area contributed by atoms with Crippen molar-refractivity contribution in [2.45, 2.75) is 20.8 Å². The van der Waals surface area contributed by atoms with Crippen molar-refractivity contribution >= 4 is 23.3 Å². The summed E-state index contributed by atoms with van der Waals surface area (Å²) in [4.78, 5) is 12.7. The molecule has 1 aromatic carbocycles. The van der Waals surface area contributed by atoms with Crippen LogP contribution >= 0.6 is 11.6 Å². The molecule has 0 aliphatic heterocycles. The quantitative estimate of drug-likeness (QED) is 0.842. The highest BCUT2D eigenvalue weighted by molar-refractivity contribution is 6.33. The third-order valence-electron chi connectivity index (χ3n) is 2.89. The van der Waals surface area contributed by atoms with Crippen molar-refractivity contribution in [3.8, 4) is 6.07 Å². The molecule has 1 N–H and O–H groups in total. The van der Waals surface area contributed by atoms with Crippen LogP contribution < -0.4 is 4.90 Å². The summed E-state index contributed by atoms with van der Waals surface area (Å²) >= 11 is 6.23. The van der Waals surface area contributed by atoms with E-state index in [-0.39, 0.29) is 13.1 Å². The molecule has 102 valence electrons. The van der Waals surface area contributed by atoms with Crippen LogP contribution in [0.4, 0.5) is 5.69 Å². The number of aliphatic carboxylic acids is 1. The zero-order valence-corrected chi connectivity index (χ0v) is 12.0. The van der Waals surface area contributed by atoms with E-state index < -0.39 is 11.9 Å². The van der Waals surface area contributed by atoms with E-state index in [1.54, 1.807) is 11.8 Å². The lowest BCUT2D eigenvalue weighted by atomic mass is 10.1. The van der Waals surface area contributed by atoms with E-state index in [2.05, 4.69) is 6.07 Å². The monoisotopic (exact) mass is 280 g/mol. The fourth-order valence-electron chi connectivity index (χ4n) is 2.04. The molecule has 4 nitrogen and oxygen atoms in total. The lowest BCUT2D eigenvalue weighted by molar-refractivity contribution is -0.140. The molecular weight excluding hydrogens is 264 g/mol. The molecule has 0 bridgehead atoms. The summed E-state index contributed by atoms with van der Waals surface area (Å²) in [5, 5.41) is 18.4. The van der Waals surface area contributed by atoms with Crippen molar-refractivity contribution in [1.29, 1.82) is 5.26 Å². The zero-order valence-electron chi connectivity index (χ0n) is 11.3. The molecule has 0 amide bonds. The van der Waals surface area contributed by atoms with Gasteiger partial charge in [0.25, 0.3) is 0 Å². The summed E-state index contributed by atoms with van der Waals surface area (Å²) in [7, 11) is 0. The van der Waals surface area contributed by atoms with Gasteiger partial charge in [-0.3, -0.25) is 4.79 Å². The second-order valence-electron chi connectivity index (χ2n) is 4.69. The molecule has 0 fully saturated rings. The molecule has 0 saturated heterocycles. The van der Waals surface area contributed by atoms with Gasteiger partial charge in [-0.2, -0.15) is 5.26 Å². The minimum Gasteiger partial charge on any atom is -0.481 e. The number of carboxylic acids is 1. The Labute approximate surface area is 118 Å². The van der Waals surface area contributed by atoms with Crippen molar-refractivity contribution in [3.63, 3.8) is 0 Å². The van der Waals surface area contributed by atoms with Gasteiger partial charge in [0.1, 0.15) is 6.54 Å². The minimum absolute atomic E-state index is 0.112. The Morgan fingerprint density at radius 2 is 2.16 bits per heavy atom. The highest BCUT2D eigenvalue weighted by Gasteiger charge is 2.19. The van der Waals surface area contributed by atoms with Crippen LogP contribution in [0.1, 0.15) is 18.1 Å². The fourth-order valence-corrected chi connectivity index (χ4v) is 2.48. The van der Waals surface area contributed by atoms with E-state index >= 15 is 0 Å². The first-order valence-electron chi connectivity index (χ1n) is 5.98. The van der Waals surface area contributed by atoms with Gasteiger partial charge < -0.3 is 10.0 Å². The Hall–Kier alpha value is -1.73. The smallest absolute Gasteiger partial charge is 0.308 e. The number of hydrogen-bond acceptors (Lipinski definition) is 3. The average molecular weight is 281 g/mol. The molecule has 0 heterocycles. The molecule has 5 heteroatoms. The fraction of sp³-hybridized carbons (Fsp3) is 0.429. The van der Waals surface area contributed by atoms with Crippen LogP contribution in [0.15, 0.2) is 12.1 Å². The summed E-state index contributed by atoms with van der Waals surface area (Å²) < 4.78 is 0. The van der Waals surface area contributed by atoms with Crippen molar-refractivity contribution in [2.75, 3.05) is 18.0 Å². The molecule has 0 aliphatic rings. The van der Waals surface area contributed by atoms with Gasteiger partial charge in [-0.15, -0.1) is 0 Å². The maximum absolute atomic E-state index is 11.0. The number of nitriles is 1. The Morgan fingerprint density at radius 1 is 1.53 bits per heavy atom. The van der Waals surface area contributed by atoms with Crippen LogP contribution in [0.25, 0.3) is 0 Å². The number of benzene rings is 1. The van der Waals surface area contributed by atoms with Gasteiger partial charge in [-0.1, -0.05) is 24.6 Å². The lowest BCUT2D eigenvalue weighted by Crippen LogP contribution is -2.33. The molecule has 19 heavy (non-hydrogen) atoms. The van der Waals surface area contributed by atoms with Crippen LogP contribution in [0.3, 0.4) is 0 Å². The first kappa shape index (κ1) is 15.3. The van der Waals surface area contributed by atoms with Crippen molar-refractivity contribution < 1.29 is 9.90 Å². The third-order valence-corrected chi connectivity index (χ3v) is 3.18. The molecular formula is C14H17ClN2O2. The number of aryl methyl sites for hydroxylation is 2. The van der Waals surface area contributed by atoms with E-state index in [1.165, 1.54) is 0 Å². The van der Waals surface area contributed by atoms with E-state index in [9.17, 15) is 4.79 Å². The van der Waals surface area contributed by atoms with Crippen molar-refractivity contribution in [1.82, 2.24) is 0 Å². The van der Waals surface area contributed by atoms with E-state index in [0.717, 1.165) is 16.8 Å². The normalized spacial score (nSPS) is 11.7. The summed E-state index contributed by atoms with van der Waals surface area (Å²) in [6.07, 6.45) is 0.